The van der Waals surface area contributed by atoms with E-state index in [0.29, 0.717) is 18.4 Å². The van der Waals surface area contributed by atoms with Crippen molar-refractivity contribution in [3.63, 3.8) is 0 Å². The maximum atomic E-state index is 13.2. The first kappa shape index (κ1) is 17.3. The van der Waals surface area contributed by atoms with Gasteiger partial charge in [-0.1, -0.05) is 47.3 Å². The summed E-state index contributed by atoms with van der Waals surface area (Å²) < 4.78 is 6.45. The molecule has 0 bridgehead atoms. The quantitative estimate of drug-likeness (QED) is 0.431. The van der Waals surface area contributed by atoms with E-state index in [1.54, 1.807) is 38.1 Å². The van der Waals surface area contributed by atoms with Crippen LogP contribution in [0.2, 0.25) is 0 Å². The van der Waals surface area contributed by atoms with Crippen LogP contribution in [0.5, 0.6) is 0 Å². The third-order valence-corrected chi connectivity index (χ3v) is 5.89. The van der Waals surface area contributed by atoms with Gasteiger partial charge in [0.25, 0.3) is 0 Å². The van der Waals surface area contributed by atoms with Crippen molar-refractivity contribution in [3.8, 4) is 0 Å². The molecule has 0 radical (unpaired) electrons. The number of ether oxygens (including phenoxy) is 1. The molecule has 1 aromatic carbocycles. The van der Waals surface area contributed by atoms with Crippen LogP contribution in [-0.2, 0) is 14.3 Å². The summed E-state index contributed by atoms with van der Waals surface area (Å²) in [7, 11) is 0. The molecule has 4 nitrogen and oxygen atoms in total. The van der Waals surface area contributed by atoms with Gasteiger partial charge in [0, 0.05) is 10.0 Å². The minimum atomic E-state index is -1.06. The van der Waals surface area contributed by atoms with Gasteiger partial charge in [-0.25, -0.2) is 0 Å². The van der Waals surface area contributed by atoms with E-state index in [9.17, 15) is 14.4 Å². The first-order valence-electron chi connectivity index (χ1n) is 8.35. The number of carbonyl (C=O) groups excluding carboxylic acids is 3. The molecule has 2 fully saturated rings. The highest BCUT2D eigenvalue weighted by Crippen LogP contribution is 2.49. The van der Waals surface area contributed by atoms with E-state index in [-0.39, 0.29) is 11.6 Å². The fourth-order valence-corrected chi connectivity index (χ4v) is 4.19. The smallest absolute Gasteiger partial charge is 0.320 e. The molecule has 5 heteroatoms. The highest BCUT2D eigenvalue weighted by Gasteiger charge is 2.61. The average Bonchev–Trinajstić information content (AvgIpc) is 2.58. The Morgan fingerprint density at radius 1 is 1.08 bits per heavy atom. The van der Waals surface area contributed by atoms with E-state index in [1.807, 2.05) is 0 Å². The second kappa shape index (κ2) is 6.10. The highest BCUT2D eigenvalue weighted by atomic mass is 79.9. The zero-order chi connectivity index (χ0) is 17.5. The summed E-state index contributed by atoms with van der Waals surface area (Å²) in [6.45, 7) is 3.44. The number of hydrogen-bond acceptors (Lipinski definition) is 4. The van der Waals surface area contributed by atoms with Gasteiger partial charge in [-0.2, -0.15) is 0 Å². The number of esters is 1. The van der Waals surface area contributed by atoms with Crippen LogP contribution in [0.25, 0.3) is 0 Å². The third-order valence-electron chi connectivity index (χ3n) is 5.36. The largest absolute Gasteiger partial charge is 0.452 e. The van der Waals surface area contributed by atoms with Crippen LogP contribution in [0.15, 0.2) is 28.7 Å². The van der Waals surface area contributed by atoms with Crippen molar-refractivity contribution in [2.24, 2.45) is 10.8 Å². The molecule has 2 aliphatic rings. The standard InChI is InChI=1S/C19H21BrO4/c1-18(2)15(14(21)12-6-8-13(20)9-7-12)24-17(23)19(16(18)22)10-4-3-5-11-19/h6-9,15H,3-5,10-11H2,1-2H3. The molecule has 0 aromatic heterocycles. The molecule has 3 rings (SSSR count). The fraction of sp³-hybridized carbons (Fsp3) is 0.526. The van der Waals surface area contributed by atoms with Gasteiger partial charge >= 0.3 is 5.97 Å². The summed E-state index contributed by atoms with van der Waals surface area (Å²) in [5.41, 5.74) is -1.62. The molecule has 1 saturated heterocycles. The van der Waals surface area contributed by atoms with Crippen molar-refractivity contribution in [1.82, 2.24) is 0 Å². The monoisotopic (exact) mass is 392 g/mol. The second-order valence-corrected chi connectivity index (χ2v) is 8.27. The SMILES string of the molecule is CC1(C)C(=O)C2(CCCCC2)C(=O)OC1C(=O)c1ccc(Br)cc1. The molecule has 0 amide bonds. The molecule has 128 valence electrons. The second-order valence-electron chi connectivity index (χ2n) is 7.35. The van der Waals surface area contributed by atoms with Gasteiger partial charge in [0.15, 0.2) is 11.9 Å². The number of benzene rings is 1. The zero-order valence-electron chi connectivity index (χ0n) is 13.9. The molecule has 1 aliphatic carbocycles. The van der Waals surface area contributed by atoms with E-state index in [2.05, 4.69) is 15.9 Å². The molecule has 1 aromatic rings. The van der Waals surface area contributed by atoms with Crippen LogP contribution >= 0.6 is 15.9 Å². The van der Waals surface area contributed by atoms with Gasteiger partial charge in [0.05, 0.1) is 5.41 Å². The van der Waals surface area contributed by atoms with Gasteiger partial charge in [-0.15, -0.1) is 0 Å². The zero-order valence-corrected chi connectivity index (χ0v) is 15.5. The summed E-state index contributed by atoms with van der Waals surface area (Å²) in [5.74, 6) is -0.969. The van der Waals surface area contributed by atoms with Crippen molar-refractivity contribution < 1.29 is 19.1 Å². The minimum Gasteiger partial charge on any atom is -0.452 e. The number of hydrogen-bond donors (Lipinski definition) is 0. The van der Waals surface area contributed by atoms with Crippen molar-refractivity contribution in [3.05, 3.63) is 34.3 Å². The lowest BCUT2D eigenvalue weighted by Gasteiger charge is -2.46. The van der Waals surface area contributed by atoms with Gasteiger partial charge < -0.3 is 4.74 Å². The van der Waals surface area contributed by atoms with E-state index >= 15 is 0 Å². The molecule has 1 spiro atoms. The summed E-state index contributed by atoms with van der Waals surface area (Å²) >= 11 is 3.33. The minimum absolute atomic E-state index is 0.138. The summed E-state index contributed by atoms with van der Waals surface area (Å²) in [4.78, 5) is 38.7. The Hall–Kier alpha value is -1.49. The maximum absolute atomic E-state index is 13.2. The summed E-state index contributed by atoms with van der Waals surface area (Å²) in [5, 5.41) is 0. The van der Waals surface area contributed by atoms with Gasteiger partial charge in [-0.3, -0.25) is 14.4 Å². The van der Waals surface area contributed by atoms with Crippen molar-refractivity contribution in [2.45, 2.75) is 52.1 Å². The molecule has 1 saturated carbocycles. The average molecular weight is 393 g/mol. The predicted molar refractivity (Wildman–Crippen MR) is 92.7 cm³/mol. The molecule has 1 atom stereocenters. The van der Waals surface area contributed by atoms with Crippen LogP contribution in [0, 0.1) is 10.8 Å². The lowest BCUT2D eigenvalue weighted by molar-refractivity contribution is -0.186. The van der Waals surface area contributed by atoms with Crippen LogP contribution < -0.4 is 0 Å². The Balaban J connectivity index is 1.94. The van der Waals surface area contributed by atoms with E-state index < -0.39 is 22.9 Å². The molecular formula is C19H21BrO4. The molecule has 24 heavy (non-hydrogen) atoms. The molecule has 1 unspecified atom stereocenters. The Kier molecular flexibility index (Phi) is 4.41. The van der Waals surface area contributed by atoms with Crippen LogP contribution in [0.4, 0.5) is 0 Å². The molecule has 1 aliphatic heterocycles. The van der Waals surface area contributed by atoms with Crippen LogP contribution in [0.3, 0.4) is 0 Å². The third kappa shape index (κ3) is 2.63. The van der Waals surface area contributed by atoms with Gasteiger partial charge in [0.1, 0.15) is 5.41 Å². The Morgan fingerprint density at radius 3 is 2.25 bits per heavy atom. The number of carbonyl (C=O) groups is 3. The first-order valence-corrected chi connectivity index (χ1v) is 9.14. The Labute approximate surface area is 150 Å². The first-order chi connectivity index (χ1) is 11.3. The van der Waals surface area contributed by atoms with Crippen molar-refractivity contribution in [2.75, 3.05) is 0 Å². The van der Waals surface area contributed by atoms with E-state index in [4.69, 9.17) is 4.74 Å². The summed E-state index contributed by atoms with van der Waals surface area (Å²) in [6, 6.07) is 6.86. The topological polar surface area (TPSA) is 60.4 Å². The number of rotatable bonds is 2. The number of ketones is 2. The van der Waals surface area contributed by atoms with Crippen LogP contribution in [0.1, 0.15) is 56.3 Å². The Morgan fingerprint density at radius 2 is 1.67 bits per heavy atom. The van der Waals surface area contributed by atoms with E-state index in [0.717, 1.165) is 23.7 Å². The van der Waals surface area contributed by atoms with Crippen LogP contribution in [-0.4, -0.2) is 23.6 Å². The number of cyclic esters (lactones) is 1. The highest BCUT2D eigenvalue weighted by molar-refractivity contribution is 9.10. The van der Waals surface area contributed by atoms with E-state index in [1.165, 1.54) is 0 Å². The predicted octanol–water partition coefficient (Wildman–Crippen LogP) is 4.10. The number of Topliss-reactive ketones (excluding diaryl/α,β-unsaturated/α-hetero) is 2. The van der Waals surface area contributed by atoms with Crippen molar-refractivity contribution >= 4 is 33.5 Å². The van der Waals surface area contributed by atoms with Crippen molar-refractivity contribution in [1.29, 1.82) is 0 Å². The molecule has 1 heterocycles. The lowest BCUT2D eigenvalue weighted by Crippen LogP contribution is -2.60. The molecular weight excluding hydrogens is 372 g/mol. The fourth-order valence-electron chi connectivity index (χ4n) is 3.93. The van der Waals surface area contributed by atoms with Gasteiger partial charge in [0.2, 0.25) is 5.78 Å². The van der Waals surface area contributed by atoms with Gasteiger partial charge in [-0.05, 0) is 38.8 Å². The molecule has 0 N–H and O–H groups in total. The Bertz CT molecular complexity index is 684. The summed E-state index contributed by atoms with van der Waals surface area (Å²) in [6.07, 6.45) is 2.74. The maximum Gasteiger partial charge on any atom is 0.320 e. The normalized spacial score (nSPS) is 25.4. The lowest BCUT2D eigenvalue weighted by atomic mass is 9.60. The number of halogens is 1.